The number of aryl methyl sites for hydroxylation is 1. The van der Waals surface area contributed by atoms with Crippen LogP contribution in [0.3, 0.4) is 0 Å². The zero-order chi connectivity index (χ0) is 13.9. The molecule has 0 bridgehead atoms. The second-order valence-electron chi connectivity index (χ2n) is 5.38. The van der Waals surface area contributed by atoms with Gasteiger partial charge in [0.05, 0.1) is 18.5 Å². The molecule has 106 valence electrons. The zero-order valence-electron chi connectivity index (χ0n) is 12.1. The lowest BCUT2D eigenvalue weighted by Gasteiger charge is -2.16. The van der Waals surface area contributed by atoms with Gasteiger partial charge in [0.25, 0.3) is 0 Å². The minimum absolute atomic E-state index is 0.577. The predicted octanol–water partition coefficient (Wildman–Crippen LogP) is 4.06. The number of para-hydroxylation sites is 2. The Labute approximate surface area is 119 Å². The van der Waals surface area contributed by atoms with Crippen molar-refractivity contribution in [2.24, 2.45) is 0 Å². The minimum atomic E-state index is 0.577. The number of imidazole rings is 1. The highest BCUT2D eigenvalue weighted by Gasteiger charge is 2.20. The molecule has 0 saturated heterocycles. The van der Waals surface area contributed by atoms with Gasteiger partial charge in [0.2, 0.25) is 5.95 Å². The van der Waals surface area contributed by atoms with E-state index in [9.17, 15) is 0 Å². The fourth-order valence-corrected chi connectivity index (χ4v) is 2.94. The largest absolute Gasteiger partial charge is 0.495 e. The van der Waals surface area contributed by atoms with E-state index >= 15 is 0 Å². The molecule has 0 unspecified atom stereocenters. The third-order valence-corrected chi connectivity index (χ3v) is 3.92. The first kappa shape index (κ1) is 13.0. The summed E-state index contributed by atoms with van der Waals surface area (Å²) in [6, 6.07) is 8.52. The number of ether oxygens (including phenoxy) is 1. The Morgan fingerprint density at radius 3 is 2.75 bits per heavy atom. The van der Waals surface area contributed by atoms with Crippen LogP contribution in [-0.2, 0) is 0 Å². The molecule has 0 atom stereocenters. The highest BCUT2D eigenvalue weighted by molar-refractivity contribution is 5.62. The van der Waals surface area contributed by atoms with Gasteiger partial charge in [-0.25, -0.2) is 4.98 Å². The van der Waals surface area contributed by atoms with Crippen molar-refractivity contribution < 1.29 is 4.74 Å². The van der Waals surface area contributed by atoms with Gasteiger partial charge >= 0.3 is 0 Å². The van der Waals surface area contributed by atoms with Crippen LogP contribution in [0.15, 0.2) is 30.5 Å². The first-order valence-electron chi connectivity index (χ1n) is 7.23. The van der Waals surface area contributed by atoms with Gasteiger partial charge in [-0.3, -0.25) is 0 Å². The van der Waals surface area contributed by atoms with E-state index in [1.165, 1.54) is 25.7 Å². The molecule has 1 saturated carbocycles. The normalized spacial score (nSPS) is 15.5. The smallest absolute Gasteiger partial charge is 0.207 e. The van der Waals surface area contributed by atoms with E-state index < -0.39 is 0 Å². The molecule has 1 aromatic carbocycles. The molecule has 2 aromatic rings. The zero-order valence-corrected chi connectivity index (χ0v) is 12.1. The van der Waals surface area contributed by atoms with Crippen molar-refractivity contribution >= 4 is 11.6 Å². The lowest BCUT2D eigenvalue weighted by molar-refractivity contribution is 0.416. The summed E-state index contributed by atoms with van der Waals surface area (Å²) in [5.74, 6) is 1.75. The Balaban J connectivity index is 1.90. The molecule has 0 radical (unpaired) electrons. The number of nitrogens with zero attached hydrogens (tertiary/aromatic N) is 2. The molecule has 1 heterocycles. The maximum absolute atomic E-state index is 5.39. The molecule has 1 N–H and O–H groups in total. The Morgan fingerprint density at radius 1 is 1.25 bits per heavy atom. The van der Waals surface area contributed by atoms with Crippen LogP contribution >= 0.6 is 0 Å². The maximum Gasteiger partial charge on any atom is 0.207 e. The molecule has 0 spiro atoms. The van der Waals surface area contributed by atoms with E-state index in [1.807, 2.05) is 31.2 Å². The van der Waals surface area contributed by atoms with Crippen LogP contribution in [0.5, 0.6) is 5.75 Å². The molecule has 0 aliphatic heterocycles. The number of benzene rings is 1. The molecule has 1 aromatic heterocycles. The molecular weight excluding hydrogens is 250 g/mol. The van der Waals surface area contributed by atoms with E-state index in [1.54, 1.807) is 7.11 Å². The van der Waals surface area contributed by atoms with Gasteiger partial charge < -0.3 is 14.6 Å². The summed E-state index contributed by atoms with van der Waals surface area (Å²) in [7, 11) is 1.69. The molecule has 1 aliphatic carbocycles. The number of nitrogens with one attached hydrogen (secondary N) is 1. The molecule has 0 amide bonds. The fraction of sp³-hybridized carbons (Fsp3) is 0.438. The van der Waals surface area contributed by atoms with Crippen LogP contribution in [0, 0.1) is 6.92 Å². The maximum atomic E-state index is 5.39. The molecule has 20 heavy (non-hydrogen) atoms. The van der Waals surface area contributed by atoms with Gasteiger partial charge in [-0.05, 0) is 31.9 Å². The number of aromatic nitrogens is 2. The van der Waals surface area contributed by atoms with Crippen molar-refractivity contribution in [1.29, 1.82) is 0 Å². The van der Waals surface area contributed by atoms with Crippen molar-refractivity contribution in [3.63, 3.8) is 0 Å². The average Bonchev–Trinajstić information content (AvgIpc) is 3.09. The minimum Gasteiger partial charge on any atom is -0.495 e. The standard InChI is InChI=1S/C16H21N3O/c1-12-11-19(13-7-3-4-8-13)16(17-12)18-14-9-5-6-10-15(14)20-2/h5-6,9-11,13H,3-4,7-8H2,1-2H3,(H,17,18). The van der Waals surface area contributed by atoms with Crippen molar-refractivity contribution in [2.45, 2.75) is 38.6 Å². The van der Waals surface area contributed by atoms with Crippen molar-refractivity contribution in [3.05, 3.63) is 36.2 Å². The number of hydrogen-bond acceptors (Lipinski definition) is 3. The lowest BCUT2D eigenvalue weighted by Crippen LogP contribution is -2.08. The molecule has 3 rings (SSSR count). The second kappa shape index (κ2) is 5.57. The van der Waals surface area contributed by atoms with E-state index in [-0.39, 0.29) is 0 Å². The SMILES string of the molecule is COc1ccccc1Nc1nc(C)cn1C1CCCC1. The van der Waals surface area contributed by atoms with E-state index in [4.69, 9.17) is 4.74 Å². The predicted molar refractivity (Wildman–Crippen MR) is 80.7 cm³/mol. The fourth-order valence-electron chi connectivity index (χ4n) is 2.94. The first-order valence-corrected chi connectivity index (χ1v) is 7.23. The summed E-state index contributed by atoms with van der Waals surface area (Å²) >= 11 is 0. The molecule has 4 nitrogen and oxygen atoms in total. The van der Waals surface area contributed by atoms with Crippen molar-refractivity contribution in [3.8, 4) is 5.75 Å². The summed E-state index contributed by atoms with van der Waals surface area (Å²) in [5, 5.41) is 3.42. The van der Waals surface area contributed by atoms with Crippen LogP contribution in [0.4, 0.5) is 11.6 Å². The highest BCUT2D eigenvalue weighted by Crippen LogP contribution is 2.34. The van der Waals surface area contributed by atoms with Gasteiger partial charge in [-0.1, -0.05) is 25.0 Å². The van der Waals surface area contributed by atoms with Crippen LogP contribution in [0.1, 0.15) is 37.4 Å². The Morgan fingerprint density at radius 2 is 2.00 bits per heavy atom. The van der Waals surface area contributed by atoms with E-state index in [2.05, 4.69) is 21.1 Å². The Bertz CT molecular complexity index is 585. The number of hydrogen-bond donors (Lipinski definition) is 1. The second-order valence-corrected chi connectivity index (χ2v) is 5.38. The number of methoxy groups -OCH3 is 1. The third kappa shape index (κ3) is 2.50. The van der Waals surface area contributed by atoms with Crippen molar-refractivity contribution in [1.82, 2.24) is 9.55 Å². The van der Waals surface area contributed by atoms with E-state index in [0.29, 0.717) is 6.04 Å². The summed E-state index contributed by atoms with van der Waals surface area (Å²) in [6.07, 6.45) is 7.27. The first-order chi connectivity index (χ1) is 9.78. The van der Waals surface area contributed by atoms with Crippen LogP contribution in [-0.4, -0.2) is 16.7 Å². The average molecular weight is 271 g/mol. The van der Waals surface area contributed by atoms with Gasteiger partial charge in [-0.15, -0.1) is 0 Å². The van der Waals surface area contributed by atoms with Gasteiger partial charge in [-0.2, -0.15) is 0 Å². The van der Waals surface area contributed by atoms with Gasteiger partial charge in [0.1, 0.15) is 5.75 Å². The summed E-state index contributed by atoms with van der Waals surface area (Å²) < 4.78 is 7.68. The third-order valence-electron chi connectivity index (χ3n) is 3.92. The van der Waals surface area contributed by atoms with Crippen molar-refractivity contribution in [2.75, 3.05) is 12.4 Å². The summed E-state index contributed by atoms with van der Waals surface area (Å²) in [5.41, 5.74) is 2.01. The van der Waals surface area contributed by atoms with Crippen LogP contribution in [0.2, 0.25) is 0 Å². The van der Waals surface area contributed by atoms with Crippen LogP contribution < -0.4 is 10.1 Å². The summed E-state index contributed by atoms with van der Waals surface area (Å²) in [6.45, 7) is 2.04. The lowest BCUT2D eigenvalue weighted by atomic mass is 10.2. The molecule has 1 fully saturated rings. The molecule has 4 heteroatoms. The van der Waals surface area contributed by atoms with Gasteiger partial charge in [0, 0.05) is 12.2 Å². The molecular formula is C16H21N3O. The Hall–Kier alpha value is -1.97. The Kier molecular flexibility index (Phi) is 3.63. The number of anilines is 2. The number of rotatable bonds is 4. The monoisotopic (exact) mass is 271 g/mol. The summed E-state index contributed by atoms with van der Waals surface area (Å²) in [4.78, 5) is 4.62. The molecule has 1 aliphatic rings. The highest BCUT2D eigenvalue weighted by atomic mass is 16.5. The quantitative estimate of drug-likeness (QED) is 0.911. The van der Waals surface area contributed by atoms with E-state index in [0.717, 1.165) is 23.1 Å². The van der Waals surface area contributed by atoms with Crippen LogP contribution in [0.25, 0.3) is 0 Å². The van der Waals surface area contributed by atoms with Gasteiger partial charge in [0.15, 0.2) is 0 Å². The topological polar surface area (TPSA) is 39.1 Å².